The smallest absolute Gasteiger partial charge is 0.262 e. The Morgan fingerprint density at radius 1 is 1.09 bits per heavy atom. The van der Waals surface area contributed by atoms with E-state index in [-0.39, 0.29) is 12.5 Å². The fourth-order valence-corrected chi connectivity index (χ4v) is 2.71. The van der Waals surface area contributed by atoms with Crippen LogP contribution in [0.1, 0.15) is 0 Å². The van der Waals surface area contributed by atoms with E-state index in [1.54, 1.807) is 24.3 Å². The first-order chi connectivity index (χ1) is 11.1. The maximum Gasteiger partial charge on any atom is 0.262 e. The van der Waals surface area contributed by atoms with E-state index in [2.05, 4.69) is 37.2 Å². The molecule has 1 aliphatic heterocycles. The van der Waals surface area contributed by atoms with Crippen molar-refractivity contribution in [3.63, 3.8) is 0 Å². The zero-order chi connectivity index (χ0) is 16.2. The number of carbonyl (C=O) groups is 1. The summed E-state index contributed by atoms with van der Waals surface area (Å²) in [6, 6.07) is 10.8. The molecule has 0 aromatic heterocycles. The molecule has 0 fully saturated rings. The number of fused-ring (bicyclic) bond motifs is 1. The third-order valence-electron chi connectivity index (χ3n) is 3.09. The van der Waals surface area contributed by atoms with Crippen molar-refractivity contribution < 1.29 is 19.0 Å². The monoisotopic (exact) mass is 441 g/mol. The Balaban J connectivity index is 1.62. The second-order valence-electron chi connectivity index (χ2n) is 4.77. The van der Waals surface area contributed by atoms with Gasteiger partial charge in [0.25, 0.3) is 5.91 Å². The van der Waals surface area contributed by atoms with Crippen LogP contribution in [0, 0.1) is 0 Å². The van der Waals surface area contributed by atoms with Crippen molar-refractivity contribution >= 4 is 43.5 Å². The Hall–Kier alpha value is -1.73. The van der Waals surface area contributed by atoms with Crippen LogP contribution in [0.5, 0.6) is 17.2 Å². The highest BCUT2D eigenvalue weighted by Crippen LogP contribution is 2.38. The molecule has 0 saturated heterocycles. The highest BCUT2D eigenvalue weighted by molar-refractivity contribution is 9.10. The highest BCUT2D eigenvalue weighted by Gasteiger charge is 2.16. The number of halogens is 2. The predicted octanol–water partition coefficient (Wildman–Crippen LogP) is 4.00. The van der Waals surface area contributed by atoms with E-state index in [4.69, 9.17) is 14.2 Å². The second-order valence-corrected chi connectivity index (χ2v) is 6.54. The van der Waals surface area contributed by atoms with Gasteiger partial charge < -0.3 is 19.5 Å². The zero-order valence-electron chi connectivity index (χ0n) is 12.0. The minimum absolute atomic E-state index is 0.0808. The summed E-state index contributed by atoms with van der Waals surface area (Å²) in [6.45, 7) is 0.934. The number of carbonyl (C=O) groups excluding carboxylic acids is 1. The minimum atomic E-state index is -0.259. The zero-order valence-corrected chi connectivity index (χ0v) is 15.1. The number of nitrogens with one attached hydrogen (secondary N) is 1. The van der Waals surface area contributed by atoms with Gasteiger partial charge in [-0.15, -0.1) is 0 Å². The van der Waals surface area contributed by atoms with Gasteiger partial charge in [0.2, 0.25) is 0 Å². The van der Waals surface area contributed by atoms with Gasteiger partial charge in [0.1, 0.15) is 19.0 Å². The average molecular weight is 443 g/mol. The standard InChI is InChI=1S/C16H13Br2NO4/c17-10-1-3-11(4-2-10)23-9-16(20)19-13-8-15-14(7-12(13)18)21-5-6-22-15/h1-4,7-8H,5-6,9H2,(H,19,20). The van der Waals surface area contributed by atoms with Crippen LogP contribution < -0.4 is 19.5 Å². The molecule has 1 N–H and O–H groups in total. The largest absolute Gasteiger partial charge is 0.486 e. The Morgan fingerprint density at radius 2 is 1.74 bits per heavy atom. The normalized spacial score (nSPS) is 12.6. The number of anilines is 1. The topological polar surface area (TPSA) is 56.8 Å². The van der Waals surface area contributed by atoms with Crippen LogP contribution in [0.25, 0.3) is 0 Å². The molecular formula is C16H13Br2NO4. The molecule has 120 valence electrons. The van der Waals surface area contributed by atoms with Gasteiger partial charge in [-0.2, -0.15) is 0 Å². The van der Waals surface area contributed by atoms with Gasteiger partial charge in [-0.3, -0.25) is 4.79 Å². The van der Waals surface area contributed by atoms with Crippen LogP contribution in [0.15, 0.2) is 45.3 Å². The molecule has 23 heavy (non-hydrogen) atoms. The van der Waals surface area contributed by atoms with Crippen molar-refractivity contribution in [3.05, 3.63) is 45.3 Å². The van der Waals surface area contributed by atoms with Crippen molar-refractivity contribution in [2.24, 2.45) is 0 Å². The van der Waals surface area contributed by atoms with E-state index < -0.39 is 0 Å². The average Bonchev–Trinajstić information content (AvgIpc) is 2.55. The quantitative estimate of drug-likeness (QED) is 0.777. The Kier molecular flexibility index (Phi) is 5.07. The lowest BCUT2D eigenvalue weighted by molar-refractivity contribution is -0.118. The van der Waals surface area contributed by atoms with Crippen molar-refractivity contribution in [2.75, 3.05) is 25.1 Å². The van der Waals surface area contributed by atoms with Crippen LogP contribution >= 0.6 is 31.9 Å². The third-order valence-corrected chi connectivity index (χ3v) is 4.27. The summed E-state index contributed by atoms with van der Waals surface area (Å²) in [4.78, 5) is 12.0. The number of hydrogen-bond acceptors (Lipinski definition) is 4. The molecule has 0 atom stereocenters. The Labute approximate surface area is 150 Å². The van der Waals surface area contributed by atoms with Crippen molar-refractivity contribution in [3.8, 4) is 17.2 Å². The van der Waals surface area contributed by atoms with E-state index >= 15 is 0 Å². The molecule has 0 unspecified atom stereocenters. The summed E-state index contributed by atoms with van der Waals surface area (Å²) in [5, 5.41) is 2.79. The molecule has 3 rings (SSSR count). The molecule has 0 bridgehead atoms. The molecule has 0 saturated carbocycles. The second kappa shape index (κ2) is 7.23. The van der Waals surface area contributed by atoms with Gasteiger partial charge in [-0.1, -0.05) is 15.9 Å². The van der Waals surface area contributed by atoms with E-state index in [0.717, 1.165) is 8.95 Å². The fourth-order valence-electron chi connectivity index (χ4n) is 2.03. The van der Waals surface area contributed by atoms with Gasteiger partial charge in [-0.05, 0) is 40.2 Å². The van der Waals surface area contributed by atoms with Gasteiger partial charge in [0.05, 0.1) is 5.69 Å². The Morgan fingerprint density at radius 3 is 2.43 bits per heavy atom. The Bertz CT molecular complexity index is 719. The van der Waals surface area contributed by atoms with Crippen molar-refractivity contribution in [1.82, 2.24) is 0 Å². The minimum Gasteiger partial charge on any atom is -0.486 e. The molecule has 1 heterocycles. The van der Waals surface area contributed by atoms with Crippen LogP contribution in [-0.2, 0) is 4.79 Å². The number of ether oxygens (including phenoxy) is 3. The summed E-state index contributed by atoms with van der Waals surface area (Å²) >= 11 is 6.76. The van der Waals surface area contributed by atoms with Crippen molar-refractivity contribution in [1.29, 1.82) is 0 Å². The number of hydrogen-bond donors (Lipinski definition) is 1. The van der Waals surface area contributed by atoms with E-state index in [9.17, 15) is 4.79 Å². The van der Waals surface area contributed by atoms with E-state index in [0.29, 0.717) is 36.1 Å². The fraction of sp³-hybridized carbons (Fsp3) is 0.188. The van der Waals surface area contributed by atoms with Gasteiger partial charge in [-0.25, -0.2) is 0 Å². The summed E-state index contributed by atoms with van der Waals surface area (Å²) in [6.07, 6.45) is 0. The summed E-state index contributed by atoms with van der Waals surface area (Å²) in [5.41, 5.74) is 0.610. The predicted molar refractivity (Wildman–Crippen MR) is 93.4 cm³/mol. The van der Waals surface area contributed by atoms with Crippen LogP contribution in [0.3, 0.4) is 0 Å². The first-order valence-corrected chi connectivity index (χ1v) is 8.48. The third kappa shape index (κ3) is 4.17. The molecule has 2 aromatic rings. The summed E-state index contributed by atoms with van der Waals surface area (Å²) in [5.74, 6) is 1.64. The summed E-state index contributed by atoms with van der Waals surface area (Å²) < 4.78 is 18.1. The van der Waals surface area contributed by atoms with Crippen LogP contribution in [0.2, 0.25) is 0 Å². The number of rotatable bonds is 4. The molecule has 1 amide bonds. The maximum atomic E-state index is 12.0. The lowest BCUT2D eigenvalue weighted by Crippen LogP contribution is -2.21. The van der Waals surface area contributed by atoms with Gasteiger partial charge >= 0.3 is 0 Å². The molecule has 7 heteroatoms. The van der Waals surface area contributed by atoms with Gasteiger partial charge in [0, 0.05) is 21.1 Å². The highest BCUT2D eigenvalue weighted by atomic mass is 79.9. The molecule has 0 radical (unpaired) electrons. The molecule has 5 nitrogen and oxygen atoms in total. The lowest BCUT2D eigenvalue weighted by Gasteiger charge is -2.20. The molecule has 0 aliphatic carbocycles. The molecule has 2 aromatic carbocycles. The number of benzene rings is 2. The van der Waals surface area contributed by atoms with E-state index in [1.807, 2.05) is 12.1 Å². The molecular weight excluding hydrogens is 430 g/mol. The van der Waals surface area contributed by atoms with Gasteiger partial charge in [0.15, 0.2) is 18.1 Å². The first kappa shape index (κ1) is 16.1. The molecule has 1 aliphatic rings. The first-order valence-electron chi connectivity index (χ1n) is 6.89. The van der Waals surface area contributed by atoms with Crippen LogP contribution in [0.4, 0.5) is 5.69 Å². The number of amides is 1. The molecule has 0 spiro atoms. The lowest BCUT2D eigenvalue weighted by atomic mass is 10.2. The maximum absolute atomic E-state index is 12.0. The van der Waals surface area contributed by atoms with Crippen LogP contribution in [-0.4, -0.2) is 25.7 Å². The van der Waals surface area contributed by atoms with E-state index in [1.165, 1.54) is 0 Å². The summed E-state index contributed by atoms with van der Waals surface area (Å²) in [7, 11) is 0. The van der Waals surface area contributed by atoms with Crippen molar-refractivity contribution in [2.45, 2.75) is 0 Å². The SMILES string of the molecule is O=C(COc1ccc(Br)cc1)Nc1cc2c(cc1Br)OCCO2.